The molecular weight excluding hydrogens is 210 g/mol. The highest BCUT2D eigenvalue weighted by atomic mass is 35.5. The lowest BCUT2D eigenvalue weighted by Crippen LogP contribution is -2.40. The van der Waals surface area contributed by atoms with Crippen LogP contribution in [0, 0.1) is 0 Å². The third-order valence-corrected chi connectivity index (χ3v) is 4.12. The Labute approximate surface area is 85.1 Å². The SMILES string of the molecule is CS(=O)(=O)N1CCCCCC1CCl. The average molecular weight is 226 g/mol. The molecule has 1 saturated heterocycles. The van der Waals surface area contributed by atoms with E-state index in [0.29, 0.717) is 12.4 Å². The summed E-state index contributed by atoms with van der Waals surface area (Å²) in [7, 11) is -3.06. The van der Waals surface area contributed by atoms with Crippen LogP contribution in [0.2, 0.25) is 0 Å². The van der Waals surface area contributed by atoms with Gasteiger partial charge in [0.2, 0.25) is 10.0 Å². The first-order valence-electron chi connectivity index (χ1n) is 4.58. The fraction of sp³-hybridized carbons (Fsp3) is 1.00. The van der Waals surface area contributed by atoms with Crippen LogP contribution in [-0.2, 0) is 10.0 Å². The van der Waals surface area contributed by atoms with Crippen molar-refractivity contribution in [3.63, 3.8) is 0 Å². The molecule has 0 N–H and O–H groups in total. The molecule has 1 aliphatic heterocycles. The van der Waals surface area contributed by atoms with Gasteiger partial charge in [0, 0.05) is 18.5 Å². The van der Waals surface area contributed by atoms with Crippen molar-refractivity contribution in [1.82, 2.24) is 4.31 Å². The molecule has 1 rings (SSSR count). The van der Waals surface area contributed by atoms with Gasteiger partial charge < -0.3 is 0 Å². The molecule has 0 aromatic carbocycles. The molecule has 5 heteroatoms. The van der Waals surface area contributed by atoms with Crippen molar-refractivity contribution < 1.29 is 8.42 Å². The van der Waals surface area contributed by atoms with Crippen molar-refractivity contribution in [3.05, 3.63) is 0 Å². The van der Waals surface area contributed by atoms with E-state index in [4.69, 9.17) is 11.6 Å². The van der Waals surface area contributed by atoms with Gasteiger partial charge in [0.1, 0.15) is 0 Å². The molecule has 3 nitrogen and oxygen atoms in total. The zero-order valence-corrected chi connectivity index (χ0v) is 9.44. The third kappa shape index (κ3) is 3.11. The van der Waals surface area contributed by atoms with Gasteiger partial charge in [-0.1, -0.05) is 12.8 Å². The number of nitrogens with zero attached hydrogens (tertiary/aromatic N) is 1. The summed E-state index contributed by atoms with van der Waals surface area (Å²) < 4.78 is 24.3. The van der Waals surface area contributed by atoms with Crippen LogP contribution in [0.3, 0.4) is 0 Å². The molecule has 13 heavy (non-hydrogen) atoms. The summed E-state index contributed by atoms with van der Waals surface area (Å²) in [6, 6.07) is 0.0131. The van der Waals surface area contributed by atoms with Gasteiger partial charge in [0.05, 0.1) is 6.26 Å². The molecule has 0 radical (unpaired) electrons. The summed E-state index contributed by atoms with van der Waals surface area (Å²) >= 11 is 5.75. The van der Waals surface area contributed by atoms with Gasteiger partial charge in [-0.3, -0.25) is 0 Å². The molecule has 1 atom stereocenters. The predicted octanol–water partition coefficient (Wildman–Crippen LogP) is 1.43. The fourth-order valence-corrected chi connectivity index (χ4v) is 3.33. The Morgan fingerprint density at radius 3 is 2.62 bits per heavy atom. The molecule has 0 aromatic heterocycles. The van der Waals surface area contributed by atoms with Gasteiger partial charge in [0.15, 0.2) is 0 Å². The lowest BCUT2D eigenvalue weighted by Gasteiger charge is -2.25. The van der Waals surface area contributed by atoms with E-state index in [1.807, 2.05) is 0 Å². The first-order valence-corrected chi connectivity index (χ1v) is 6.97. The maximum Gasteiger partial charge on any atom is 0.211 e. The summed E-state index contributed by atoms with van der Waals surface area (Å²) in [6.45, 7) is 0.635. The zero-order chi connectivity index (χ0) is 9.90. The van der Waals surface area contributed by atoms with E-state index < -0.39 is 10.0 Å². The molecule has 0 bridgehead atoms. The predicted molar refractivity (Wildman–Crippen MR) is 54.5 cm³/mol. The lowest BCUT2D eigenvalue weighted by atomic mass is 10.1. The molecule has 0 amide bonds. The van der Waals surface area contributed by atoms with E-state index in [2.05, 4.69) is 0 Å². The highest BCUT2D eigenvalue weighted by Crippen LogP contribution is 2.20. The molecule has 1 unspecified atom stereocenters. The van der Waals surface area contributed by atoms with Crippen LogP contribution in [-0.4, -0.2) is 37.4 Å². The van der Waals surface area contributed by atoms with Crippen molar-refractivity contribution in [2.45, 2.75) is 31.7 Å². The van der Waals surface area contributed by atoms with Crippen molar-refractivity contribution in [2.24, 2.45) is 0 Å². The van der Waals surface area contributed by atoms with Crippen LogP contribution in [0.15, 0.2) is 0 Å². The zero-order valence-electron chi connectivity index (χ0n) is 7.87. The number of hydrogen-bond acceptors (Lipinski definition) is 2. The first kappa shape index (κ1) is 11.3. The fourth-order valence-electron chi connectivity index (χ4n) is 1.74. The summed E-state index contributed by atoms with van der Waals surface area (Å²) in [4.78, 5) is 0. The Hall–Kier alpha value is 0.200. The van der Waals surface area contributed by atoms with E-state index in [0.717, 1.165) is 25.7 Å². The summed E-state index contributed by atoms with van der Waals surface area (Å²) in [5.41, 5.74) is 0. The molecule has 0 saturated carbocycles. The van der Waals surface area contributed by atoms with Gasteiger partial charge in [0.25, 0.3) is 0 Å². The molecule has 1 heterocycles. The van der Waals surface area contributed by atoms with Crippen LogP contribution in [0.1, 0.15) is 25.7 Å². The minimum atomic E-state index is -3.06. The quantitative estimate of drug-likeness (QED) is 0.667. The largest absolute Gasteiger partial charge is 0.212 e. The van der Waals surface area contributed by atoms with E-state index in [-0.39, 0.29) is 6.04 Å². The third-order valence-electron chi connectivity index (χ3n) is 2.43. The normalized spacial score (nSPS) is 27.1. The monoisotopic (exact) mass is 225 g/mol. The van der Waals surface area contributed by atoms with Gasteiger partial charge in [-0.15, -0.1) is 11.6 Å². The van der Waals surface area contributed by atoms with E-state index in [1.54, 1.807) is 4.31 Å². The molecule has 0 spiro atoms. The number of sulfonamides is 1. The Bertz CT molecular complexity index is 253. The number of alkyl halides is 1. The maximum atomic E-state index is 11.4. The summed E-state index contributed by atoms with van der Waals surface area (Å²) in [5, 5.41) is 0. The molecule has 1 aliphatic rings. The van der Waals surface area contributed by atoms with Crippen molar-refractivity contribution in [2.75, 3.05) is 18.7 Å². The van der Waals surface area contributed by atoms with Crippen LogP contribution in [0.4, 0.5) is 0 Å². The lowest BCUT2D eigenvalue weighted by molar-refractivity contribution is 0.348. The second-order valence-corrected chi connectivity index (χ2v) is 5.77. The Morgan fingerprint density at radius 1 is 1.38 bits per heavy atom. The molecular formula is C8H16ClNO2S. The highest BCUT2D eigenvalue weighted by molar-refractivity contribution is 7.88. The second-order valence-electron chi connectivity index (χ2n) is 3.53. The first-order chi connectivity index (χ1) is 6.05. The van der Waals surface area contributed by atoms with Crippen LogP contribution >= 0.6 is 11.6 Å². The van der Waals surface area contributed by atoms with Gasteiger partial charge in [-0.05, 0) is 12.8 Å². The molecule has 0 aliphatic carbocycles. The van der Waals surface area contributed by atoms with Crippen molar-refractivity contribution in [3.8, 4) is 0 Å². The van der Waals surface area contributed by atoms with Crippen LogP contribution < -0.4 is 0 Å². The van der Waals surface area contributed by atoms with Gasteiger partial charge in [-0.25, -0.2) is 8.42 Å². The van der Waals surface area contributed by atoms with Crippen molar-refractivity contribution in [1.29, 1.82) is 0 Å². The van der Waals surface area contributed by atoms with E-state index in [1.165, 1.54) is 6.26 Å². The standard InChI is InChI=1S/C8H16ClNO2S/c1-13(11,12)10-6-4-2-3-5-8(10)7-9/h8H,2-7H2,1H3. The number of halogens is 1. The Balaban J connectivity index is 2.77. The van der Waals surface area contributed by atoms with Crippen molar-refractivity contribution >= 4 is 21.6 Å². The van der Waals surface area contributed by atoms with Gasteiger partial charge in [-0.2, -0.15) is 4.31 Å². The smallest absolute Gasteiger partial charge is 0.211 e. The average Bonchev–Trinajstić information content (AvgIpc) is 2.26. The van der Waals surface area contributed by atoms with E-state index >= 15 is 0 Å². The second kappa shape index (κ2) is 4.62. The minimum absolute atomic E-state index is 0.0131. The molecule has 0 aromatic rings. The van der Waals surface area contributed by atoms with Crippen LogP contribution in [0.25, 0.3) is 0 Å². The Morgan fingerprint density at radius 2 is 2.08 bits per heavy atom. The maximum absolute atomic E-state index is 11.4. The summed E-state index contributed by atoms with van der Waals surface area (Å²) in [5.74, 6) is 0.410. The van der Waals surface area contributed by atoms with Gasteiger partial charge >= 0.3 is 0 Å². The summed E-state index contributed by atoms with van der Waals surface area (Å²) in [6.07, 6.45) is 5.32. The topological polar surface area (TPSA) is 37.4 Å². The minimum Gasteiger partial charge on any atom is -0.212 e. The highest BCUT2D eigenvalue weighted by Gasteiger charge is 2.26. The Kier molecular flexibility index (Phi) is 4.01. The number of hydrogen-bond donors (Lipinski definition) is 0. The van der Waals surface area contributed by atoms with E-state index in [9.17, 15) is 8.42 Å². The molecule has 78 valence electrons. The van der Waals surface area contributed by atoms with Crippen LogP contribution in [0.5, 0.6) is 0 Å². The number of rotatable bonds is 2. The molecule has 1 fully saturated rings.